The van der Waals surface area contributed by atoms with Crippen LogP contribution in [0.15, 0.2) is 48.5 Å². The van der Waals surface area contributed by atoms with Crippen molar-refractivity contribution < 1.29 is 42.7 Å². The van der Waals surface area contributed by atoms with Crippen molar-refractivity contribution in [2.45, 2.75) is 0 Å². The molecule has 0 spiro atoms. The van der Waals surface area contributed by atoms with Gasteiger partial charge in [0.05, 0.1) is 0 Å². The summed E-state index contributed by atoms with van der Waals surface area (Å²) in [4.78, 5) is 0. The van der Waals surface area contributed by atoms with Crippen LogP contribution in [-0.2, 0) is 0 Å². The normalized spacial score (nSPS) is 8.33. The minimum absolute atomic E-state index is 0. The van der Waals surface area contributed by atoms with E-state index in [2.05, 4.69) is 0 Å². The summed E-state index contributed by atoms with van der Waals surface area (Å²) in [7, 11) is 0. The van der Waals surface area contributed by atoms with E-state index in [4.69, 9.17) is 0 Å². The van der Waals surface area contributed by atoms with Gasteiger partial charge in [0.15, 0.2) is 0 Å². The fourth-order valence-electron chi connectivity index (χ4n) is 0.969. The molecule has 0 unspecified atom stereocenters. The summed E-state index contributed by atoms with van der Waals surface area (Å²) in [5, 5.41) is 0. The van der Waals surface area contributed by atoms with Gasteiger partial charge in [0, 0.05) is 0 Å². The quantitative estimate of drug-likeness (QED) is 0.391. The molecule has 0 amide bonds. The molecular formula is C12H8Br2F2Mg2. The average molecular weight is 399 g/mol. The molecule has 0 bridgehead atoms. The topological polar surface area (TPSA) is 0 Å². The molecule has 2 rings (SSSR count). The van der Waals surface area contributed by atoms with Gasteiger partial charge in [-0.15, -0.1) is 0 Å². The van der Waals surface area contributed by atoms with E-state index < -0.39 is 0 Å². The predicted octanol–water partition coefficient (Wildman–Crippen LogP) is -4.75. The molecule has 2 aromatic carbocycles. The van der Waals surface area contributed by atoms with Gasteiger partial charge in [-0.25, -0.2) is 0 Å². The van der Waals surface area contributed by atoms with Crippen LogP contribution in [0.4, 0.5) is 8.78 Å². The molecule has 0 saturated heterocycles. The molecule has 0 nitrogen and oxygen atoms in total. The Bertz CT molecular complexity index is 347. The van der Waals surface area contributed by atoms with Crippen molar-refractivity contribution in [3.8, 4) is 0 Å². The van der Waals surface area contributed by atoms with E-state index in [0.29, 0.717) is 0 Å². The first kappa shape index (κ1) is 21.1. The maximum atomic E-state index is 12.1. The minimum Gasteiger partial charge on any atom is -1.00 e. The maximum absolute atomic E-state index is 12.1. The summed E-state index contributed by atoms with van der Waals surface area (Å²) in [5.74, 6) is -0.333. The van der Waals surface area contributed by atoms with Crippen molar-refractivity contribution in [1.82, 2.24) is 0 Å². The third-order valence-electron chi connectivity index (χ3n) is 1.83. The molecule has 0 N–H and O–H groups in total. The number of hydrogen-bond acceptors (Lipinski definition) is 0. The zero-order valence-corrected chi connectivity index (χ0v) is 15.5. The molecule has 0 aromatic heterocycles. The van der Waals surface area contributed by atoms with E-state index in [1.165, 1.54) is 24.3 Å². The standard InChI is InChI=1S/2C6H4F.2BrH.2Mg/c2*7-6-4-2-1-3-5-6;;;;/h2*2-5H;2*1H;;/q;;;;2*+1/p-2. The van der Waals surface area contributed by atoms with Crippen LogP contribution in [0.5, 0.6) is 0 Å². The van der Waals surface area contributed by atoms with Crippen LogP contribution in [-0.4, -0.2) is 43.4 Å². The van der Waals surface area contributed by atoms with Crippen LogP contribution in [0.1, 0.15) is 0 Å². The van der Waals surface area contributed by atoms with Crippen LogP contribution < -0.4 is 41.3 Å². The summed E-state index contributed by atoms with van der Waals surface area (Å²) in [5.41, 5.74) is 0. The van der Waals surface area contributed by atoms with Crippen molar-refractivity contribution in [2.75, 3.05) is 0 Å². The van der Waals surface area contributed by atoms with Gasteiger partial charge in [-0.05, 0) is 0 Å². The number of benzene rings is 2. The first-order valence-electron chi connectivity index (χ1n) is 4.73. The molecule has 0 aliphatic carbocycles. The van der Waals surface area contributed by atoms with E-state index in [1.54, 1.807) is 67.7 Å². The molecule has 0 fully saturated rings. The van der Waals surface area contributed by atoms with Gasteiger partial charge in [-0.3, -0.25) is 0 Å². The molecule has 6 heteroatoms. The Morgan fingerprint density at radius 1 is 0.556 bits per heavy atom. The Morgan fingerprint density at radius 3 is 0.944 bits per heavy atom. The largest absolute Gasteiger partial charge is 1.00 e. The van der Waals surface area contributed by atoms with Crippen molar-refractivity contribution in [2.24, 2.45) is 0 Å². The second-order valence-electron chi connectivity index (χ2n) is 3.25. The van der Waals surface area contributed by atoms with Crippen LogP contribution >= 0.6 is 0 Å². The summed E-state index contributed by atoms with van der Waals surface area (Å²) in [6, 6.07) is 12.9. The van der Waals surface area contributed by atoms with Gasteiger partial charge in [0.2, 0.25) is 0 Å². The Kier molecular flexibility index (Phi) is 13.6. The molecule has 0 aliphatic heterocycles. The zero-order chi connectivity index (χ0) is 12.0. The molecular weight excluding hydrogens is 391 g/mol. The van der Waals surface area contributed by atoms with Crippen molar-refractivity contribution in [3.63, 3.8) is 0 Å². The van der Waals surface area contributed by atoms with E-state index in [9.17, 15) is 8.78 Å². The van der Waals surface area contributed by atoms with E-state index >= 15 is 0 Å². The van der Waals surface area contributed by atoms with Gasteiger partial charge in [0.1, 0.15) is 0 Å². The van der Waals surface area contributed by atoms with E-state index in [-0.39, 0.29) is 45.6 Å². The molecule has 88 valence electrons. The Labute approximate surface area is 152 Å². The minimum atomic E-state index is -0.166. The first-order valence-corrected chi connectivity index (χ1v) is 6.14. The van der Waals surface area contributed by atoms with Crippen molar-refractivity contribution >= 4 is 50.8 Å². The third kappa shape index (κ3) is 9.69. The van der Waals surface area contributed by atoms with Gasteiger partial charge >= 0.3 is 120 Å². The Balaban J connectivity index is 0. The maximum Gasteiger partial charge on any atom is -1.00 e. The Morgan fingerprint density at radius 2 is 0.778 bits per heavy atom. The second kappa shape index (κ2) is 11.6. The van der Waals surface area contributed by atoms with Gasteiger partial charge < -0.3 is 34.0 Å². The van der Waals surface area contributed by atoms with Gasteiger partial charge in [0.25, 0.3) is 0 Å². The SMILES string of the molecule is Fc1cc[c]([Mg+])cc1.Fc1cc[c]([Mg+])cc1.[Br-].[Br-]. The fraction of sp³-hybridized carbons (Fsp3) is 0. The number of rotatable bonds is 0. The number of hydrogen-bond donors (Lipinski definition) is 0. The van der Waals surface area contributed by atoms with Crippen LogP contribution in [0.25, 0.3) is 0 Å². The zero-order valence-electron chi connectivity index (χ0n) is 9.54. The van der Waals surface area contributed by atoms with E-state index in [1.807, 2.05) is 0 Å². The van der Waals surface area contributed by atoms with Gasteiger partial charge in [-0.1, -0.05) is 0 Å². The van der Waals surface area contributed by atoms with Gasteiger partial charge in [-0.2, -0.15) is 0 Å². The van der Waals surface area contributed by atoms with Crippen molar-refractivity contribution in [1.29, 1.82) is 0 Å². The smallest absolute Gasteiger partial charge is 1.00 e. The Hall–Kier alpha value is 0.792. The third-order valence-corrected chi connectivity index (χ3v) is 2.77. The first-order chi connectivity index (χ1) is 7.58. The molecule has 0 saturated carbocycles. The summed E-state index contributed by atoms with van der Waals surface area (Å²) >= 11 is 3.49. The molecule has 0 atom stereocenters. The van der Waals surface area contributed by atoms with Crippen LogP contribution in [0.2, 0.25) is 0 Å². The van der Waals surface area contributed by atoms with Crippen LogP contribution in [0, 0.1) is 11.6 Å². The molecule has 0 radical (unpaired) electrons. The summed E-state index contributed by atoms with van der Waals surface area (Å²) in [6.07, 6.45) is 0. The molecule has 0 heterocycles. The average Bonchev–Trinajstić information content (AvgIpc) is 2.28. The fourth-order valence-corrected chi connectivity index (χ4v) is 1.44. The monoisotopic (exact) mass is 396 g/mol. The second-order valence-corrected chi connectivity index (χ2v) is 4.89. The summed E-state index contributed by atoms with van der Waals surface area (Å²) in [6.45, 7) is 0. The van der Waals surface area contributed by atoms with E-state index in [0.717, 1.165) is 7.39 Å². The van der Waals surface area contributed by atoms with Crippen molar-refractivity contribution in [3.05, 3.63) is 60.2 Å². The number of halogens is 4. The molecule has 2 aromatic rings. The predicted molar refractivity (Wildman–Crippen MR) is 63.6 cm³/mol. The molecule has 0 aliphatic rings. The van der Waals surface area contributed by atoms with Crippen LogP contribution in [0.3, 0.4) is 0 Å². The summed E-state index contributed by atoms with van der Waals surface area (Å²) < 4.78 is 26.4. The molecule has 18 heavy (non-hydrogen) atoms.